The van der Waals surface area contributed by atoms with Crippen LogP contribution >= 0.6 is 0 Å². The topological polar surface area (TPSA) is 46.5 Å². The number of aliphatic hydroxyl groups is 1. The van der Waals surface area contributed by atoms with Gasteiger partial charge >= 0.3 is 5.97 Å². The number of carbonyl (C=O) groups is 1. The van der Waals surface area contributed by atoms with Gasteiger partial charge in [-0.2, -0.15) is 0 Å². The fourth-order valence-electron chi connectivity index (χ4n) is 3.44. The van der Waals surface area contributed by atoms with Crippen LogP contribution in [0.3, 0.4) is 0 Å². The van der Waals surface area contributed by atoms with Crippen LogP contribution in [0.15, 0.2) is 24.3 Å². The Kier molecular flexibility index (Phi) is 11.5. The van der Waals surface area contributed by atoms with E-state index >= 15 is 0 Å². The zero-order chi connectivity index (χ0) is 17.6. The number of hydrogen-bond donors (Lipinski definition) is 1. The van der Waals surface area contributed by atoms with Gasteiger partial charge < -0.3 is 9.84 Å². The largest absolute Gasteiger partial charge is 0.469 e. The average Bonchev–Trinajstić information content (AvgIpc) is 3.03. The molecule has 0 aromatic heterocycles. The summed E-state index contributed by atoms with van der Waals surface area (Å²) in [4.78, 5) is 11.0. The van der Waals surface area contributed by atoms with Gasteiger partial charge in [0.05, 0.1) is 13.2 Å². The van der Waals surface area contributed by atoms with Gasteiger partial charge in [0.1, 0.15) is 0 Å². The van der Waals surface area contributed by atoms with Gasteiger partial charge in [-0.3, -0.25) is 4.79 Å². The Morgan fingerprint density at radius 2 is 2.08 bits per heavy atom. The molecule has 1 aliphatic rings. The number of allylic oxidation sites excluding steroid dienone is 3. The molecule has 0 aromatic carbocycles. The van der Waals surface area contributed by atoms with Crippen LogP contribution in [0.2, 0.25) is 0 Å². The van der Waals surface area contributed by atoms with E-state index in [2.05, 4.69) is 29.9 Å². The van der Waals surface area contributed by atoms with Gasteiger partial charge in [-0.1, -0.05) is 56.9 Å². The molecule has 138 valence electrons. The zero-order valence-electron chi connectivity index (χ0n) is 15.6. The van der Waals surface area contributed by atoms with Crippen LogP contribution in [0.4, 0.5) is 0 Å². The lowest BCUT2D eigenvalue weighted by molar-refractivity contribution is -0.140. The third kappa shape index (κ3) is 9.27. The molecule has 1 rings (SSSR count). The summed E-state index contributed by atoms with van der Waals surface area (Å²) in [5.41, 5.74) is 0. The molecule has 3 nitrogen and oxygen atoms in total. The molecule has 0 heterocycles. The third-order valence-corrected chi connectivity index (χ3v) is 4.99. The van der Waals surface area contributed by atoms with Crippen molar-refractivity contribution >= 4 is 5.97 Å². The minimum absolute atomic E-state index is 0.123. The standard InChI is InChI=1S/C21H36O3/c1-3-4-7-14-20(22)17-16-19-13-10-12-18(19)11-8-5-6-9-15-21(23)24-2/h5,8,16-20,22H,3-4,6-7,9-15H2,1-2H3/b8-5-,17-16+/t18-,19+,20-/m0/s1. The van der Waals surface area contributed by atoms with Crippen molar-refractivity contribution in [3.63, 3.8) is 0 Å². The van der Waals surface area contributed by atoms with E-state index in [4.69, 9.17) is 0 Å². The molecular weight excluding hydrogens is 300 g/mol. The summed E-state index contributed by atoms with van der Waals surface area (Å²) in [7, 11) is 1.44. The number of ether oxygens (including phenoxy) is 1. The third-order valence-electron chi connectivity index (χ3n) is 4.99. The fourth-order valence-corrected chi connectivity index (χ4v) is 3.44. The molecule has 0 spiro atoms. The van der Waals surface area contributed by atoms with Crippen LogP contribution in [0.5, 0.6) is 0 Å². The minimum Gasteiger partial charge on any atom is -0.469 e. The molecular formula is C21H36O3. The van der Waals surface area contributed by atoms with Crippen molar-refractivity contribution in [2.45, 2.75) is 83.7 Å². The first-order chi connectivity index (χ1) is 11.7. The number of hydrogen-bond acceptors (Lipinski definition) is 3. The molecule has 1 fully saturated rings. The maximum absolute atomic E-state index is 11.0. The van der Waals surface area contributed by atoms with E-state index in [0.29, 0.717) is 18.3 Å². The molecule has 0 saturated heterocycles. The number of aliphatic hydroxyl groups excluding tert-OH is 1. The van der Waals surface area contributed by atoms with Crippen molar-refractivity contribution in [1.82, 2.24) is 0 Å². The lowest BCUT2D eigenvalue weighted by atomic mass is 9.91. The maximum Gasteiger partial charge on any atom is 0.305 e. The molecule has 0 unspecified atom stereocenters. The summed E-state index contributed by atoms with van der Waals surface area (Å²) in [6.07, 6.45) is 20.1. The Morgan fingerprint density at radius 1 is 1.25 bits per heavy atom. The Hall–Kier alpha value is -1.09. The molecule has 0 aliphatic heterocycles. The van der Waals surface area contributed by atoms with Gasteiger partial charge in [-0.25, -0.2) is 0 Å². The summed E-state index contributed by atoms with van der Waals surface area (Å²) in [5.74, 6) is 1.20. The van der Waals surface area contributed by atoms with Gasteiger partial charge in [0.25, 0.3) is 0 Å². The first-order valence-electron chi connectivity index (χ1n) is 9.75. The van der Waals surface area contributed by atoms with E-state index in [1.807, 2.05) is 6.08 Å². The lowest BCUT2D eigenvalue weighted by Gasteiger charge is -2.15. The Balaban J connectivity index is 2.23. The molecule has 3 heteroatoms. The Morgan fingerprint density at radius 3 is 2.83 bits per heavy atom. The Labute approximate surface area is 148 Å². The monoisotopic (exact) mass is 336 g/mol. The van der Waals surface area contributed by atoms with Crippen molar-refractivity contribution < 1.29 is 14.6 Å². The summed E-state index contributed by atoms with van der Waals surface area (Å²) >= 11 is 0. The van der Waals surface area contributed by atoms with Crippen LogP contribution in [0, 0.1) is 11.8 Å². The van der Waals surface area contributed by atoms with E-state index in [-0.39, 0.29) is 12.1 Å². The highest BCUT2D eigenvalue weighted by Crippen LogP contribution is 2.35. The van der Waals surface area contributed by atoms with Crippen LogP contribution in [-0.2, 0) is 9.53 Å². The lowest BCUT2D eigenvalue weighted by Crippen LogP contribution is -2.07. The maximum atomic E-state index is 11.0. The van der Waals surface area contributed by atoms with Crippen molar-refractivity contribution in [2.75, 3.05) is 7.11 Å². The molecule has 24 heavy (non-hydrogen) atoms. The number of esters is 1. The molecule has 1 aliphatic carbocycles. The second-order valence-corrected chi connectivity index (χ2v) is 6.98. The van der Waals surface area contributed by atoms with Crippen molar-refractivity contribution in [1.29, 1.82) is 0 Å². The van der Waals surface area contributed by atoms with E-state index < -0.39 is 0 Å². The molecule has 0 bridgehead atoms. The first kappa shape index (κ1) is 21.0. The summed E-state index contributed by atoms with van der Waals surface area (Å²) in [6.45, 7) is 2.19. The molecule has 3 atom stereocenters. The minimum atomic E-state index is -0.272. The van der Waals surface area contributed by atoms with Crippen LogP contribution in [0.25, 0.3) is 0 Å². The molecule has 0 radical (unpaired) electrons. The summed E-state index contributed by atoms with van der Waals surface area (Å²) < 4.78 is 4.64. The zero-order valence-corrected chi connectivity index (χ0v) is 15.6. The number of rotatable bonds is 12. The first-order valence-corrected chi connectivity index (χ1v) is 9.75. The second-order valence-electron chi connectivity index (χ2n) is 6.98. The second kappa shape index (κ2) is 13.2. The predicted octanol–water partition coefficient (Wildman–Crippen LogP) is 5.19. The van der Waals surface area contributed by atoms with Gasteiger partial charge in [0.15, 0.2) is 0 Å². The summed E-state index contributed by atoms with van der Waals surface area (Å²) in [6, 6.07) is 0. The molecule has 1 N–H and O–H groups in total. The smallest absolute Gasteiger partial charge is 0.305 e. The van der Waals surface area contributed by atoms with Crippen LogP contribution in [-0.4, -0.2) is 24.3 Å². The number of unbranched alkanes of at least 4 members (excludes halogenated alkanes) is 3. The van der Waals surface area contributed by atoms with E-state index in [0.717, 1.165) is 32.1 Å². The van der Waals surface area contributed by atoms with Gasteiger partial charge in [-0.05, 0) is 50.4 Å². The van der Waals surface area contributed by atoms with E-state index in [1.165, 1.54) is 39.2 Å². The number of methoxy groups -OCH3 is 1. The normalized spacial score (nSPS) is 22.5. The molecule has 0 aromatic rings. The number of carbonyl (C=O) groups excluding carboxylic acids is 1. The van der Waals surface area contributed by atoms with E-state index in [9.17, 15) is 9.90 Å². The Bertz CT molecular complexity index is 387. The fraction of sp³-hybridized carbons (Fsp3) is 0.762. The van der Waals surface area contributed by atoms with Gasteiger partial charge in [0.2, 0.25) is 0 Å². The van der Waals surface area contributed by atoms with Crippen molar-refractivity contribution in [3.8, 4) is 0 Å². The molecule has 1 saturated carbocycles. The van der Waals surface area contributed by atoms with Crippen LogP contribution < -0.4 is 0 Å². The predicted molar refractivity (Wildman–Crippen MR) is 99.7 cm³/mol. The summed E-state index contributed by atoms with van der Waals surface area (Å²) in [5, 5.41) is 10.0. The highest BCUT2D eigenvalue weighted by Gasteiger charge is 2.23. The van der Waals surface area contributed by atoms with Crippen molar-refractivity contribution in [2.24, 2.45) is 11.8 Å². The van der Waals surface area contributed by atoms with Gasteiger partial charge in [-0.15, -0.1) is 0 Å². The average molecular weight is 337 g/mol. The van der Waals surface area contributed by atoms with E-state index in [1.54, 1.807) is 0 Å². The SMILES string of the molecule is CCCCC[C@H](O)/C=C/[C@H]1CCC[C@@H]1C/C=C\CCCC(=O)OC. The highest BCUT2D eigenvalue weighted by atomic mass is 16.5. The quantitative estimate of drug-likeness (QED) is 0.303. The van der Waals surface area contributed by atoms with Gasteiger partial charge in [0, 0.05) is 6.42 Å². The van der Waals surface area contributed by atoms with Crippen LogP contribution in [0.1, 0.15) is 77.6 Å². The highest BCUT2D eigenvalue weighted by molar-refractivity contribution is 5.69. The van der Waals surface area contributed by atoms with Crippen molar-refractivity contribution in [3.05, 3.63) is 24.3 Å². The molecule has 0 amide bonds.